The maximum Gasteiger partial charge on any atom is 0.295 e. The first kappa shape index (κ1) is 12.5. The van der Waals surface area contributed by atoms with E-state index in [9.17, 15) is 14.9 Å². The van der Waals surface area contributed by atoms with Crippen LogP contribution in [0.25, 0.3) is 0 Å². The number of ether oxygens (including phenoxy) is 2. The van der Waals surface area contributed by atoms with Crippen molar-refractivity contribution in [1.82, 2.24) is 0 Å². The number of nitriles is 1. The molecule has 7 nitrogen and oxygen atoms in total. The molecule has 0 aromatic heterocycles. The summed E-state index contributed by atoms with van der Waals surface area (Å²) in [4.78, 5) is 25.0. The lowest BCUT2D eigenvalue weighted by Crippen LogP contribution is -2.44. The Hall–Kier alpha value is -3.27. The molecule has 22 heavy (non-hydrogen) atoms. The fraction of sp³-hybridized carbons (Fsp3) is 0.133. The van der Waals surface area contributed by atoms with Gasteiger partial charge in [0.25, 0.3) is 5.95 Å². The lowest BCUT2D eigenvalue weighted by molar-refractivity contribution is -0.122. The third-order valence-corrected chi connectivity index (χ3v) is 4.05. The molecule has 7 heteroatoms. The van der Waals surface area contributed by atoms with E-state index in [-0.39, 0.29) is 29.6 Å². The Bertz CT molecular complexity index is 862. The minimum absolute atomic E-state index is 0.0284. The molecule has 4 rings (SSSR count). The van der Waals surface area contributed by atoms with Crippen LogP contribution >= 0.6 is 0 Å². The van der Waals surface area contributed by atoms with E-state index in [0.29, 0.717) is 11.3 Å². The highest BCUT2D eigenvalue weighted by Gasteiger charge is 2.61. The van der Waals surface area contributed by atoms with Crippen LogP contribution < -0.4 is 11.1 Å². The Balaban J connectivity index is 2.13. The van der Waals surface area contributed by atoms with Gasteiger partial charge in [-0.25, -0.2) is 0 Å². The van der Waals surface area contributed by atoms with Crippen molar-refractivity contribution in [2.45, 2.75) is 5.41 Å². The van der Waals surface area contributed by atoms with Gasteiger partial charge in [0.2, 0.25) is 17.6 Å². The molecule has 1 amide bonds. The quantitative estimate of drug-likeness (QED) is 0.716. The van der Waals surface area contributed by atoms with Gasteiger partial charge in [-0.05, 0) is 6.07 Å². The van der Waals surface area contributed by atoms with E-state index in [4.69, 9.17) is 15.2 Å². The van der Waals surface area contributed by atoms with E-state index in [1.807, 2.05) is 6.07 Å². The van der Waals surface area contributed by atoms with Crippen molar-refractivity contribution in [2.75, 3.05) is 11.9 Å². The molecule has 0 radical (unpaired) electrons. The number of hydrogen-bond donors (Lipinski definition) is 2. The Morgan fingerprint density at radius 1 is 1.32 bits per heavy atom. The predicted octanol–water partition coefficient (Wildman–Crippen LogP) is 0.411. The number of nitrogens with two attached hydrogens (primary N) is 1. The molecule has 1 spiro atoms. The highest BCUT2D eigenvalue weighted by atomic mass is 16.7. The summed E-state index contributed by atoms with van der Waals surface area (Å²) >= 11 is 0. The Labute approximate surface area is 124 Å². The van der Waals surface area contributed by atoms with Crippen LogP contribution in [0.5, 0.6) is 0 Å². The number of carbonyl (C=O) groups is 2. The number of benzene rings is 1. The fourth-order valence-corrected chi connectivity index (χ4v) is 3.19. The summed E-state index contributed by atoms with van der Waals surface area (Å²) in [5.41, 5.74) is 5.14. The number of nitrogens with one attached hydrogen (secondary N) is 1. The van der Waals surface area contributed by atoms with Crippen molar-refractivity contribution in [3.8, 4) is 6.07 Å². The zero-order chi connectivity index (χ0) is 15.5. The monoisotopic (exact) mass is 295 g/mol. The Morgan fingerprint density at radius 2 is 2.09 bits per heavy atom. The van der Waals surface area contributed by atoms with Crippen molar-refractivity contribution < 1.29 is 19.1 Å². The molecule has 3 heterocycles. The lowest BCUT2D eigenvalue weighted by atomic mass is 9.68. The second-order valence-electron chi connectivity index (χ2n) is 5.08. The molecule has 0 fully saturated rings. The average Bonchev–Trinajstić information content (AvgIpc) is 3.00. The van der Waals surface area contributed by atoms with Gasteiger partial charge in [-0.3, -0.25) is 9.59 Å². The summed E-state index contributed by atoms with van der Waals surface area (Å²) in [6.07, 6.45) is 0. The number of nitrogens with zero attached hydrogens (tertiary/aromatic N) is 1. The first-order valence-corrected chi connectivity index (χ1v) is 6.50. The van der Waals surface area contributed by atoms with E-state index >= 15 is 0 Å². The number of anilines is 1. The molecule has 1 unspecified atom stereocenters. The number of para-hydroxylation sites is 1. The number of carbonyl (C=O) groups excluding carboxylic acids is 2. The number of hydrogen-bond acceptors (Lipinski definition) is 6. The molecule has 1 aromatic rings. The summed E-state index contributed by atoms with van der Waals surface area (Å²) in [6, 6.07) is 8.77. The highest BCUT2D eigenvalue weighted by molar-refractivity contribution is 6.19. The van der Waals surface area contributed by atoms with Crippen LogP contribution in [-0.2, 0) is 24.5 Å². The number of fused-ring (bicyclic) bond motifs is 3. The average molecular weight is 295 g/mol. The summed E-state index contributed by atoms with van der Waals surface area (Å²) < 4.78 is 10.4. The van der Waals surface area contributed by atoms with Crippen molar-refractivity contribution in [3.63, 3.8) is 0 Å². The molecule has 1 atom stereocenters. The molecule has 3 aliphatic heterocycles. The van der Waals surface area contributed by atoms with E-state index in [2.05, 4.69) is 5.32 Å². The van der Waals surface area contributed by atoms with Gasteiger partial charge in [-0.2, -0.15) is 5.26 Å². The SMILES string of the molecule is N#CC1=C(N)OC2=C(C(=O)CO2)C12C(=O)Nc1ccccc12. The van der Waals surface area contributed by atoms with E-state index in [1.165, 1.54) is 0 Å². The third-order valence-electron chi connectivity index (χ3n) is 4.05. The predicted molar refractivity (Wildman–Crippen MR) is 72.6 cm³/mol. The Morgan fingerprint density at radius 3 is 2.86 bits per heavy atom. The minimum atomic E-state index is -1.60. The summed E-state index contributed by atoms with van der Waals surface area (Å²) in [7, 11) is 0. The molecule has 0 bridgehead atoms. The van der Waals surface area contributed by atoms with Gasteiger partial charge in [0.15, 0.2) is 12.0 Å². The number of Topliss-reactive ketones (excluding diaryl/α,β-unsaturated/α-hetero) is 1. The second-order valence-corrected chi connectivity index (χ2v) is 5.08. The number of rotatable bonds is 0. The minimum Gasteiger partial charge on any atom is -0.456 e. The zero-order valence-electron chi connectivity index (χ0n) is 11.2. The van der Waals surface area contributed by atoms with Gasteiger partial charge >= 0.3 is 0 Å². The van der Waals surface area contributed by atoms with Gasteiger partial charge in [0.05, 0.1) is 0 Å². The van der Waals surface area contributed by atoms with Crippen molar-refractivity contribution in [2.24, 2.45) is 5.73 Å². The first-order chi connectivity index (χ1) is 10.6. The van der Waals surface area contributed by atoms with E-state index in [0.717, 1.165) is 0 Å². The van der Waals surface area contributed by atoms with Gasteiger partial charge in [0.1, 0.15) is 17.2 Å². The molecular formula is C15H9N3O4. The molecule has 0 aliphatic carbocycles. The zero-order valence-corrected chi connectivity index (χ0v) is 11.2. The fourth-order valence-electron chi connectivity index (χ4n) is 3.19. The van der Waals surface area contributed by atoms with Crippen molar-refractivity contribution in [3.05, 3.63) is 52.8 Å². The van der Waals surface area contributed by atoms with Crippen LogP contribution in [0.2, 0.25) is 0 Å². The lowest BCUT2D eigenvalue weighted by Gasteiger charge is -2.30. The van der Waals surface area contributed by atoms with Crippen LogP contribution in [0.15, 0.2) is 47.2 Å². The normalized spacial score (nSPS) is 25.4. The standard InChI is InChI=1S/C15H9N3O4/c16-5-8-12(17)22-13-11(10(19)6-21-13)15(8)7-3-1-2-4-9(7)18-14(15)20/h1-4H,6,17H2,(H,18,20). The number of amides is 1. The van der Waals surface area contributed by atoms with Gasteiger partial charge in [-0.15, -0.1) is 0 Å². The first-order valence-electron chi connectivity index (χ1n) is 6.50. The van der Waals surface area contributed by atoms with Gasteiger partial charge in [0, 0.05) is 11.3 Å². The van der Waals surface area contributed by atoms with E-state index < -0.39 is 17.1 Å². The van der Waals surface area contributed by atoms with Gasteiger partial charge < -0.3 is 20.5 Å². The van der Waals surface area contributed by atoms with Crippen LogP contribution in [0.4, 0.5) is 5.69 Å². The van der Waals surface area contributed by atoms with Crippen LogP contribution in [-0.4, -0.2) is 18.3 Å². The van der Waals surface area contributed by atoms with Gasteiger partial charge in [-0.1, -0.05) is 18.2 Å². The largest absolute Gasteiger partial charge is 0.456 e. The maximum absolute atomic E-state index is 12.8. The molecule has 1 aromatic carbocycles. The van der Waals surface area contributed by atoms with Crippen molar-refractivity contribution >= 4 is 17.4 Å². The van der Waals surface area contributed by atoms with Crippen LogP contribution in [0, 0.1) is 11.3 Å². The van der Waals surface area contributed by atoms with Crippen molar-refractivity contribution in [1.29, 1.82) is 5.26 Å². The summed E-state index contributed by atoms with van der Waals surface area (Å²) in [5, 5.41) is 12.2. The molecule has 0 saturated heterocycles. The topological polar surface area (TPSA) is 114 Å². The Kier molecular flexibility index (Phi) is 2.20. The molecule has 3 N–H and O–H groups in total. The smallest absolute Gasteiger partial charge is 0.295 e. The maximum atomic E-state index is 12.8. The third kappa shape index (κ3) is 1.20. The summed E-state index contributed by atoms with van der Waals surface area (Å²) in [6.45, 7) is -0.242. The molecule has 3 aliphatic rings. The van der Waals surface area contributed by atoms with Crippen LogP contribution in [0.3, 0.4) is 0 Å². The molecular weight excluding hydrogens is 286 g/mol. The molecule has 0 saturated carbocycles. The number of ketones is 1. The second kappa shape index (κ2) is 3.89. The summed E-state index contributed by atoms with van der Waals surface area (Å²) in [5.74, 6) is -1.25. The van der Waals surface area contributed by atoms with Crippen LogP contribution in [0.1, 0.15) is 5.56 Å². The molecule has 108 valence electrons. The highest BCUT2D eigenvalue weighted by Crippen LogP contribution is 2.53. The van der Waals surface area contributed by atoms with E-state index in [1.54, 1.807) is 24.3 Å².